The third-order valence-electron chi connectivity index (χ3n) is 6.62. The summed E-state index contributed by atoms with van der Waals surface area (Å²) >= 11 is 0. The second kappa shape index (κ2) is 12.2. The lowest BCUT2D eigenvalue weighted by molar-refractivity contribution is -0.136. The standard InChI is InChI=1S/C31H33NO3/c1-23-26(13-8-14-29(23)27-11-6-3-7-12-27)17-15-24-16-18-28(20-32-21-31(33)34)30(19-24)35-22-25-9-4-2-5-10-25/h3,6-8,11-14,16,18-19,25,32H,2,4-5,9-10,20-22H2,1H3,(H,33,34). The van der Waals surface area contributed by atoms with E-state index < -0.39 is 5.97 Å². The maximum absolute atomic E-state index is 10.9. The molecule has 1 aliphatic rings. The van der Waals surface area contributed by atoms with Crippen LogP contribution in [0.15, 0.2) is 66.7 Å². The summed E-state index contributed by atoms with van der Waals surface area (Å²) in [4.78, 5) is 10.9. The van der Waals surface area contributed by atoms with Crippen molar-refractivity contribution >= 4 is 5.97 Å². The van der Waals surface area contributed by atoms with Crippen molar-refractivity contribution in [2.24, 2.45) is 5.92 Å². The zero-order valence-electron chi connectivity index (χ0n) is 20.3. The maximum atomic E-state index is 10.9. The first-order chi connectivity index (χ1) is 17.1. The number of hydrogen-bond donors (Lipinski definition) is 2. The molecule has 4 rings (SSSR count). The van der Waals surface area contributed by atoms with Gasteiger partial charge in [-0.05, 0) is 60.6 Å². The average molecular weight is 468 g/mol. The van der Waals surface area contributed by atoms with Gasteiger partial charge in [-0.3, -0.25) is 4.79 Å². The Balaban J connectivity index is 1.55. The first kappa shape index (κ1) is 24.6. The van der Waals surface area contributed by atoms with E-state index in [9.17, 15) is 4.79 Å². The molecule has 2 N–H and O–H groups in total. The van der Waals surface area contributed by atoms with Crippen molar-refractivity contribution in [2.45, 2.75) is 45.6 Å². The van der Waals surface area contributed by atoms with Crippen molar-refractivity contribution in [3.05, 3.63) is 89.0 Å². The molecule has 0 atom stereocenters. The molecule has 0 radical (unpaired) electrons. The second-order valence-electron chi connectivity index (χ2n) is 9.23. The molecule has 1 aliphatic carbocycles. The van der Waals surface area contributed by atoms with Crippen LogP contribution in [0.25, 0.3) is 11.1 Å². The molecule has 180 valence electrons. The quantitative estimate of drug-likeness (QED) is 0.388. The van der Waals surface area contributed by atoms with E-state index in [-0.39, 0.29) is 6.54 Å². The lowest BCUT2D eigenvalue weighted by atomic mass is 9.90. The Labute approximate surface area is 208 Å². The van der Waals surface area contributed by atoms with E-state index in [0.717, 1.165) is 28.0 Å². The molecule has 0 spiro atoms. The van der Waals surface area contributed by atoms with Gasteiger partial charge in [0, 0.05) is 23.2 Å². The summed E-state index contributed by atoms with van der Waals surface area (Å²) in [6.07, 6.45) is 6.28. The summed E-state index contributed by atoms with van der Waals surface area (Å²) in [6, 6.07) is 22.6. The number of aliphatic carboxylic acids is 1. The minimum Gasteiger partial charge on any atom is -0.493 e. The van der Waals surface area contributed by atoms with Gasteiger partial charge in [-0.25, -0.2) is 0 Å². The van der Waals surface area contributed by atoms with Crippen LogP contribution in [-0.2, 0) is 11.3 Å². The van der Waals surface area contributed by atoms with Crippen molar-refractivity contribution in [1.82, 2.24) is 5.32 Å². The topological polar surface area (TPSA) is 58.6 Å². The molecule has 4 nitrogen and oxygen atoms in total. The number of hydrogen-bond acceptors (Lipinski definition) is 3. The predicted octanol–water partition coefficient (Wildman–Crippen LogP) is 6.20. The van der Waals surface area contributed by atoms with Gasteiger partial charge < -0.3 is 15.2 Å². The Morgan fingerprint density at radius 3 is 2.57 bits per heavy atom. The molecule has 0 unspecified atom stereocenters. The Kier molecular flexibility index (Phi) is 8.59. The minimum absolute atomic E-state index is 0.0827. The van der Waals surface area contributed by atoms with Gasteiger partial charge in [0.05, 0.1) is 13.2 Å². The summed E-state index contributed by atoms with van der Waals surface area (Å²) in [7, 11) is 0. The molecule has 4 heteroatoms. The van der Waals surface area contributed by atoms with Crippen molar-refractivity contribution in [3.8, 4) is 28.7 Å². The number of carbonyl (C=O) groups is 1. The van der Waals surface area contributed by atoms with Gasteiger partial charge in [-0.1, -0.05) is 79.6 Å². The van der Waals surface area contributed by atoms with E-state index >= 15 is 0 Å². The average Bonchev–Trinajstić information content (AvgIpc) is 2.88. The van der Waals surface area contributed by atoms with E-state index in [1.807, 2.05) is 24.3 Å². The number of ether oxygens (including phenoxy) is 1. The van der Waals surface area contributed by atoms with Crippen LogP contribution in [0.4, 0.5) is 0 Å². The maximum Gasteiger partial charge on any atom is 0.317 e. The van der Waals surface area contributed by atoms with E-state index in [2.05, 4.69) is 66.5 Å². The van der Waals surface area contributed by atoms with Gasteiger partial charge in [0.25, 0.3) is 0 Å². The lowest BCUT2D eigenvalue weighted by Gasteiger charge is -2.22. The molecular formula is C31H33NO3. The van der Waals surface area contributed by atoms with E-state index in [4.69, 9.17) is 9.84 Å². The highest BCUT2D eigenvalue weighted by atomic mass is 16.5. The highest BCUT2D eigenvalue weighted by Gasteiger charge is 2.15. The molecular weight excluding hydrogens is 434 g/mol. The van der Waals surface area contributed by atoms with Gasteiger partial charge in [-0.15, -0.1) is 0 Å². The van der Waals surface area contributed by atoms with Crippen molar-refractivity contribution < 1.29 is 14.6 Å². The van der Waals surface area contributed by atoms with Gasteiger partial charge in [-0.2, -0.15) is 0 Å². The number of benzene rings is 3. The first-order valence-electron chi connectivity index (χ1n) is 12.5. The number of carboxylic acids is 1. The molecule has 0 aromatic heterocycles. The van der Waals surface area contributed by atoms with Crippen molar-refractivity contribution in [1.29, 1.82) is 0 Å². The van der Waals surface area contributed by atoms with E-state index in [1.165, 1.54) is 43.2 Å². The number of rotatable bonds is 8. The highest BCUT2D eigenvalue weighted by molar-refractivity contribution is 5.70. The van der Waals surface area contributed by atoms with Crippen LogP contribution in [0.1, 0.15) is 54.4 Å². The molecule has 1 saturated carbocycles. The van der Waals surface area contributed by atoms with Crippen LogP contribution in [0.2, 0.25) is 0 Å². The SMILES string of the molecule is Cc1c(C#Cc2ccc(CNCC(=O)O)c(OCC3CCCCC3)c2)cccc1-c1ccccc1. The minimum atomic E-state index is -0.870. The molecule has 3 aromatic rings. The normalized spacial score (nSPS) is 13.6. The van der Waals surface area contributed by atoms with Crippen LogP contribution in [0.5, 0.6) is 5.75 Å². The zero-order chi connectivity index (χ0) is 24.5. The molecule has 1 fully saturated rings. The van der Waals surface area contributed by atoms with Crippen LogP contribution in [0.3, 0.4) is 0 Å². The van der Waals surface area contributed by atoms with E-state index in [1.54, 1.807) is 0 Å². The largest absolute Gasteiger partial charge is 0.493 e. The van der Waals surface area contributed by atoms with Crippen LogP contribution >= 0.6 is 0 Å². The predicted molar refractivity (Wildman–Crippen MR) is 140 cm³/mol. The van der Waals surface area contributed by atoms with E-state index in [0.29, 0.717) is 19.1 Å². The summed E-state index contributed by atoms with van der Waals surface area (Å²) in [6.45, 7) is 3.17. The second-order valence-corrected chi connectivity index (χ2v) is 9.23. The molecule has 0 bridgehead atoms. The van der Waals surface area contributed by atoms with Gasteiger partial charge in [0.15, 0.2) is 0 Å². The van der Waals surface area contributed by atoms with Gasteiger partial charge in [0.1, 0.15) is 5.75 Å². The van der Waals surface area contributed by atoms with Crippen LogP contribution < -0.4 is 10.1 Å². The van der Waals surface area contributed by atoms with Gasteiger partial charge >= 0.3 is 5.97 Å². The fraction of sp³-hybridized carbons (Fsp3) is 0.323. The highest BCUT2D eigenvalue weighted by Crippen LogP contribution is 2.27. The van der Waals surface area contributed by atoms with Crippen molar-refractivity contribution in [3.63, 3.8) is 0 Å². The summed E-state index contributed by atoms with van der Waals surface area (Å²) in [5.74, 6) is 7.17. The smallest absolute Gasteiger partial charge is 0.317 e. The Bertz CT molecular complexity index is 1200. The summed E-state index contributed by atoms with van der Waals surface area (Å²) < 4.78 is 6.27. The summed E-state index contributed by atoms with van der Waals surface area (Å²) in [5.41, 5.74) is 6.38. The molecule has 3 aromatic carbocycles. The monoisotopic (exact) mass is 467 g/mol. The fourth-order valence-corrected chi connectivity index (χ4v) is 4.62. The molecule has 0 aliphatic heterocycles. The Hall–Kier alpha value is -3.55. The molecule has 0 amide bonds. The Morgan fingerprint density at radius 1 is 1.00 bits per heavy atom. The number of nitrogens with one attached hydrogen (secondary N) is 1. The zero-order valence-corrected chi connectivity index (χ0v) is 20.3. The third kappa shape index (κ3) is 6.97. The molecule has 0 heterocycles. The van der Waals surface area contributed by atoms with Crippen LogP contribution in [0, 0.1) is 24.7 Å². The fourth-order valence-electron chi connectivity index (χ4n) is 4.62. The first-order valence-corrected chi connectivity index (χ1v) is 12.5. The summed E-state index contributed by atoms with van der Waals surface area (Å²) in [5, 5.41) is 11.9. The van der Waals surface area contributed by atoms with Crippen LogP contribution in [-0.4, -0.2) is 24.2 Å². The lowest BCUT2D eigenvalue weighted by Crippen LogP contribution is -2.22. The van der Waals surface area contributed by atoms with Crippen molar-refractivity contribution in [2.75, 3.05) is 13.2 Å². The Morgan fingerprint density at radius 2 is 1.80 bits per heavy atom. The molecule has 0 saturated heterocycles. The number of carboxylic acid groups (broad SMARTS) is 1. The molecule has 35 heavy (non-hydrogen) atoms. The van der Waals surface area contributed by atoms with Gasteiger partial charge in [0.2, 0.25) is 0 Å². The third-order valence-corrected chi connectivity index (χ3v) is 6.62.